The first kappa shape index (κ1) is 12.3. The van der Waals surface area contributed by atoms with Crippen molar-refractivity contribution in [3.63, 3.8) is 0 Å². The second-order valence-electron chi connectivity index (χ2n) is 4.21. The Morgan fingerprint density at radius 1 is 1.17 bits per heavy atom. The molecular weight excluding hydrogens is 226 g/mol. The molecule has 18 heavy (non-hydrogen) atoms. The second kappa shape index (κ2) is 5.00. The number of aryl methyl sites for hydroxylation is 1. The first-order valence-corrected chi connectivity index (χ1v) is 5.74. The molecule has 0 N–H and O–H groups in total. The highest BCUT2D eigenvalue weighted by molar-refractivity contribution is 6.20. The van der Waals surface area contributed by atoms with Crippen molar-refractivity contribution in [2.45, 2.75) is 13.8 Å². The van der Waals surface area contributed by atoms with E-state index in [1.54, 1.807) is 19.3 Å². The van der Waals surface area contributed by atoms with Gasteiger partial charge in [-0.3, -0.25) is 4.79 Å². The maximum atomic E-state index is 11.2. The fraction of sp³-hybridized carbons (Fsp3) is 0.200. The molecule has 0 unspecified atom stereocenters. The van der Waals surface area contributed by atoms with Crippen molar-refractivity contribution in [1.82, 2.24) is 0 Å². The molecule has 0 atom stereocenters. The van der Waals surface area contributed by atoms with Gasteiger partial charge in [0.2, 0.25) is 0 Å². The van der Waals surface area contributed by atoms with Crippen LogP contribution in [0.3, 0.4) is 0 Å². The Balaban J connectivity index is 2.37. The van der Waals surface area contributed by atoms with E-state index < -0.39 is 0 Å². The Labute approximate surface area is 107 Å². The second-order valence-corrected chi connectivity index (χ2v) is 4.21. The van der Waals surface area contributed by atoms with E-state index >= 15 is 0 Å². The van der Waals surface area contributed by atoms with Gasteiger partial charge in [-0.1, -0.05) is 0 Å². The maximum Gasteiger partial charge on any atom is 0.179 e. The number of rotatable bonds is 2. The van der Waals surface area contributed by atoms with Gasteiger partial charge in [-0.15, -0.1) is 0 Å². The summed E-state index contributed by atoms with van der Waals surface area (Å²) in [6.45, 7) is 3.87. The molecule has 0 spiro atoms. The summed E-state index contributed by atoms with van der Waals surface area (Å²) in [7, 11) is 1.64. The average Bonchev–Trinajstić information content (AvgIpc) is 2.34. The number of aliphatic imine (C=N–C) groups is 1. The molecule has 1 aliphatic carbocycles. The van der Waals surface area contributed by atoms with Gasteiger partial charge in [0.05, 0.1) is 18.5 Å². The summed E-state index contributed by atoms with van der Waals surface area (Å²) in [6, 6.07) is 5.73. The lowest BCUT2D eigenvalue weighted by atomic mass is 10.0. The molecule has 3 nitrogen and oxygen atoms in total. The Morgan fingerprint density at radius 3 is 2.56 bits per heavy atom. The van der Waals surface area contributed by atoms with Crippen LogP contribution in [0.5, 0.6) is 5.75 Å². The van der Waals surface area contributed by atoms with Gasteiger partial charge in [0.25, 0.3) is 0 Å². The summed E-state index contributed by atoms with van der Waals surface area (Å²) < 4.78 is 5.16. The Kier molecular flexibility index (Phi) is 3.42. The zero-order valence-electron chi connectivity index (χ0n) is 10.7. The molecule has 0 radical (unpaired) electrons. The van der Waals surface area contributed by atoms with Crippen molar-refractivity contribution in [3.8, 4) is 5.75 Å². The maximum absolute atomic E-state index is 11.2. The van der Waals surface area contributed by atoms with Crippen molar-refractivity contribution < 1.29 is 9.53 Å². The molecule has 0 fully saturated rings. The molecule has 0 bridgehead atoms. The van der Waals surface area contributed by atoms with E-state index in [0.717, 1.165) is 28.3 Å². The third kappa shape index (κ3) is 2.56. The minimum Gasteiger partial charge on any atom is -0.497 e. The third-order valence-corrected chi connectivity index (χ3v) is 2.81. The summed E-state index contributed by atoms with van der Waals surface area (Å²) in [5.41, 5.74) is 3.64. The van der Waals surface area contributed by atoms with Crippen LogP contribution in [-0.4, -0.2) is 18.6 Å². The van der Waals surface area contributed by atoms with Gasteiger partial charge < -0.3 is 4.74 Å². The first-order valence-electron chi connectivity index (χ1n) is 5.74. The number of methoxy groups -OCH3 is 1. The predicted octanol–water partition coefficient (Wildman–Crippen LogP) is 3.16. The summed E-state index contributed by atoms with van der Waals surface area (Å²) in [4.78, 5) is 15.7. The van der Waals surface area contributed by atoms with E-state index in [9.17, 15) is 4.79 Å². The van der Waals surface area contributed by atoms with Crippen molar-refractivity contribution >= 4 is 17.2 Å². The molecule has 92 valence electrons. The minimum atomic E-state index is 0.0119. The van der Waals surface area contributed by atoms with Crippen LogP contribution in [0.1, 0.15) is 12.5 Å². The smallest absolute Gasteiger partial charge is 0.179 e. The number of benzene rings is 1. The Bertz CT molecular complexity index is 580. The predicted molar refractivity (Wildman–Crippen MR) is 72.7 cm³/mol. The molecule has 0 aromatic heterocycles. The van der Waals surface area contributed by atoms with E-state index in [-0.39, 0.29) is 5.78 Å². The van der Waals surface area contributed by atoms with Crippen LogP contribution in [0, 0.1) is 6.92 Å². The molecular formula is C15H15NO2. The molecule has 1 aromatic carbocycles. The normalized spacial score (nSPS) is 16.9. The average molecular weight is 241 g/mol. The van der Waals surface area contributed by atoms with Crippen LogP contribution in [0.4, 0.5) is 5.69 Å². The van der Waals surface area contributed by atoms with E-state index in [1.165, 1.54) is 6.08 Å². The molecule has 3 heteroatoms. The Hall–Kier alpha value is -2.16. The van der Waals surface area contributed by atoms with Crippen molar-refractivity contribution in [2.75, 3.05) is 7.11 Å². The first-order chi connectivity index (χ1) is 8.60. The lowest BCUT2D eigenvalue weighted by Gasteiger charge is -2.08. The highest BCUT2D eigenvalue weighted by atomic mass is 16.5. The van der Waals surface area contributed by atoms with E-state index in [4.69, 9.17) is 4.74 Å². The monoisotopic (exact) mass is 241 g/mol. The molecule has 0 amide bonds. The third-order valence-electron chi connectivity index (χ3n) is 2.81. The van der Waals surface area contributed by atoms with Gasteiger partial charge in [0, 0.05) is 0 Å². The van der Waals surface area contributed by atoms with Crippen LogP contribution in [0.25, 0.3) is 0 Å². The zero-order chi connectivity index (χ0) is 13.1. The van der Waals surface area contributed by atoms with E-state index in [2.05, 4.69) is 4.99 Å². The topological polar surface area (TPSA) is 38.7 Å². The number of carbonyl (C=O) groups excluding carboxylic acids is 1. The van der Waals surface area contributed by atoms with Gasteiger partial charge in [0.1, 0.15) is 5.75 Å². The number of hydrogen-bond acceptors (Lipinski definition) is 3. The SMILES string of the molecule is COc1ccc(N=C2C=CC(=O)C=C2C)c(C)c1. The fourth-order valence-electron chi connectivity index (χ4n) is 1.76. The van der Waals surface area contributed by atoms with Crippen LogP contribution in [0.15, 0.2) is 47.0 Å². The van der Waals surface area contributed by atoms with Gasteiger partial charge in [0.15, 0.2) is 5.78 Å². The molecule has 0 heterocycles. The van der Waals surface area contributed by atoms with Gasteiger partial charge in [-0.05, 0) is 61.4 Å². The van der Waals surface area contributed by atoms with Crippen LogP contribution < -0.4 is 4.74 Å². The molecule has 1 aliphatic rings. The molecule has 1 aromatic rings. The Morgan fingerprint density at radius 2 is 1.94 bits per heavy atom. The van der Waals surface area contributed by atoms with Crippen LogP contribution >= 0.6 is 0 Å². The van der Waals surface area contributed by atoms with Gasteiger partial charge >= 0.3 is 0 Å². The van der Waals surface area contributed by atoms with E-state index in [0.29, 0.717) is 0 Å². The number of hydrogen-bond donors (Lipinski definition) is 0. The molecule has 0 saturated carbocycles. The highest BCUT2D eigenvalue weighted by Gasteiger charge is 2.08. The molecule has 2 rings (SSSR count). The summed E-state index contributed by atoms with van der Waals surface area (Å²) in [5.74, 6) is 0.830. The highest BCUT2D eigenvalue weighted by Crippen LogP contribution is 2.25. The van der Waals surface area contributed by atoms with E-state index in [1.807, 2.05) is 32.0 Å². The zero-order valence-corrected chi connectivity index (χ0v) is 10.7. The minimum absolute atomic E-state index is 0.0119. The summed E-state index contributed by atoms with van der Waals surface area (Å²) in [5, 5.41) is 0. The van der Waals surface area contributed by atoms with Gasteiger partial charge in [-0.25, -0.2) is 4.99 Å². The fourth-order valence-corrected chi connectivity index (χ4v) is 1.76. The number of ketones is 1. The lowest BCUT2D eigenvalue weighted by molar-refractivity contribution is -0.110. The summed E-state index contributed by atoms with van der Waals surface area (Å²) in [6.07, 6.45) is 4.88. The van der Waals surface area contributed by atoms with Crippen LogP contribution in [-0.2, 0) is 4.79 Å². The van der Waals surface area contributed by atoms with Crippen molar-refractivity contribution in [3.05, 3.63) is 47.6 Å². The largest absolute Gasteiger partial charge is 0.497 e. The van der Waals surface area contributed by atoms with Crippen molar-refractivity contribution in [1.29, 1.82) is 0 Å². The lowest BCUT2D eigenvalue weighted by Crippen LogP contribution is -2.05. The quantitative estimate of drug-likeness (QED) is 0.746. The van der Waals surface area contributed by atoms with Crippen LogP contribution in [0.2, 0.25) is 0 Å². The molecule has 0 aliphatic heterocycles. The van der Waals surface area contributed by atoms with Crippen molar-refractivity contribution in [2.24, 2.45) is 4.99 Å². The summed E-state index contributed by atoms with van der Waals surface area (Å²) >= 11 is 0. The number of carbonyl (C=O) groups is 1. The van der Waals surface area contributed by atoms with Gasteiger partial charge in [-0.2, -0.15) is 0 Å². The number of ether oxygens (including phenoxy) is 1. The number of nitrogens with zero attached hydrogens (tertiary/aromatic N) is 1. The standard InChI is InChI=1S/C15H15NO2/c1-10-8-12(17)4-6-14(10)16-15-7-5-13(18-3)9-11(15)2/h4-9H,1-3H3. The molecule has 0 saturated heterocycles. The number of allylic oxidation sites excluding steroid dienone is 4.